The average Bonchev–Trinajstić information content (AvgIpc) is 2.75. The van der Waals surface area contributed by atoms with Crippen molar-refractivity contribution in [1.82, 2.24) is 15.6 Å². The van der Waals surface area contributed by atoms with Crippen LogP contribution in [0.25, 0.3) is 0 Å². The summed E-state index contributed by atoms with van der Waals surface area (Å²) in [6, 6.07) is 12.4. The molecule has 2 aromatic rings. The van der Waals surface area contributed by atoms with Crippen LogP contribution >= 0.6 is 35.6 Å². The first-order chi connectivity index (χ1) is 14.6. The highest BCUT2D eigenvalue weighted by atomic mass is 127. The molecule has 0 spiro atoms. The number of hydrogen-bond donors (Lipinski definition) is 2. The van der Waals surface area contributed by atoms with Crippen LogP contribution in [0.2, 0.25) is 5.02 Å². The number of pyridine rings is 1. The van der Waals surface area contributed by atoms with Crippen LogP contribution in [0.5, 0.6) is 0 Å². The lowest BCUT2D eigenvalue weighted by atomic mass is 10.1. The fourth-order valence-corrected chi connectivity index (χ4v) is 3.81. The predicted molar refractivity (Wildman–Crippen MR) is 140 cm³/mol. The van der Waals surface area contributed by atoms with Crippen LogP contribution in [-0.4, -0.2) is 50.3 Å². The number of rotatable bonds is 7. The normalized spacial score (nSPS) is 15.9. The standard InChI is InChI=1S/C23H32ClN5O.HI/c1-4-25-23(27-16-21(30-3)18-6-5-7-19(24)14-18)28-20-10-12-29(13-11-20)22-9-8-17(2)15-26-22;/h5-9,14-15,20-21H,4,10-13,16H2,1-3H3,(H2,25,27,28);1H. The Morgan fingerprint density at radius 3 is 2.68 bits per heavy atom. The van der Waals surface area contributed by atoms with Crippen LogP contribution in [0, 0.1) is 6.92 Å². The molecule has 1 aromatic heterocycles. The highest BCUT2D eigenvalue weighted by Gasteiger charge is 2.21. The van der Waals surface area contributed by atoms with Crippen molar-refractivity contribution in [2.24, 2.45) is 4.99 Å². The Balaban J connectivity index is 0.00000341. The van der Waals surface area contributed by atoms with Crippen molar-refractivity contribution in [3.63, 3.8) is 0 Å². The van der Waals surface area contributed by atoms with Gasteiger partial charge in [-0.1, -0.05) is 29.8 Å². The third kappa shape index (κ3) is 7.80. The number of aryl methyl sites for hydroxylation is 1. The molecule has 1 aromatic carbocycles. The lowest BCUT2D eigenvalue weighted by molar-refractivity contribution is 0.111. The second-order valence-electron chi connectivity index (χ2n) is 7.60. The molecule has 0 radical (unpaired) electrons. The van der Waals surface area contributed by atoms with E-state index in [1.807, 2.05) is 30.5 Å². The van der Waals surface area contributed by atoms with Gasteiger partial charge in [0.25, 0.3) is 0 Å². The number of anilines is 1. The molecular formula is C23H33ClIN5O. The van der Waals surface area contributed by atoms with Gasteiger partial charge >= 0.3 is 0 Å². The van der Waals surface area contributed by atoms with Crippen molar-refractivity contribution in [3.8, 4) is 0 Å². The molecule has 1 unspecified atom stereocenters. The average molecular weight is 558 g/mol. The Bertz CT molecular complexity index is 825. The topological polar surface area (TPSA) is 61.8 Å². The zero-order valence-electron chi connectivity index (χ0n) is 18.5. The number of piperidine rings is 1. The van der Waals surface area contributed by atoms with Crippen molar-refractivity contribution in [2.45, 2.75) is 38.8 Å². The smallest absolute Gasteiger partial charge is 0.191 e. The van der Waals surface area contributed by atoms with Gasteiger partial charge in [-0.3, -0.25) is 4.99 Å². The molecule has 0 aliphatic carbocycles. The van der Waals surface area contributed by atoms with E-state index in [4.69, 9.17) is 21.3 Å². The number of nitrogens with one attached hydrogen (secondary N) is 2. The van der Waals surface area contributed by atoms with Gasteiger partial charge in [-0.2, -0.15) is 0 Å². The first-order valence-corrected chi connectivity index (χ1v) is 11.0. The zero-order valence-corrected chi connectivity index (χ0v) is 21.6. The van der Waals surface area contributed by atoms with Gasteiger partial charge in [0, 0.05) is 44.0 Å². The molecule has 1 atom stereocenters. The van der Waals surface area contributed by atoms with Crippen LogP contribution < -0.4 is 15.5 Å². The summed E-state index contributed by atoms with van der Waals surface area (Å²) in [7, 11) is 1.70. The van der Waals surface area contributed by atoms with Crippen molar-refractivity contribution >= 4 is 47.4 Å². The lowest BCUT2D eigenvalue weighted by Gasteiger charge is -2.34. The lowest BCUT2D eigenvalue weighted by Crippen LogP contribution is -2.49. The van der Waals surface area contributed by atoms with E-state index in [9.17, 15) is 0 Å². The number of nitrogens with zero attached hydrogens (tertiary/aromatic N) is 3. The molecule has 1 aliphatic heterocycles. The number of aliphatic imine (C=N–C) groups is 1. The molecule has 1 fully saturated rings. The third-order valence-corrected chi connectivity index (χ3v) is 5.56. The minimum atomic E-state index is -0.131. The highest BCUT2D eigenvalue weighted by molar-refractivity contribution is 14.0. The van der Waals surface area contributed by atoms with E-state index in [0.29, 0.717) is 17.6 Å². The van der Waals surface area contributed by atoms with E-state index >= 15 is 0 Å². The second-order valence-corrected chi connectivity index (χ2v) is 8.03. The minimum absolute atomic E-state index is 0. The van der Waals surface area contributed by atoms with Gasteiger partial charge in [-0.15, -0.1) is 24.0 Å². The summed E-state index contributed by atoms with van der Waals surface area (Å²) in [6.45, 7) is 7.44. The van der Waals surface area contributed by atoms with Crippen molar-refractivity contribution in [1.29, 1.82) is 0 Å². The largest absolute Gasteiger partial charge is 0.375 e. The van der Waals surface area contributed by atoms with E-state index in [1.165, 1.54) is 5.56 Å². The summed E-state index contributed by atoms with van der Waals surface area (Å²) < 4.78 is 5.65. The number of ether oxygens (including phenoxy) is 1. The molecule has 2 N–H and O–H groups in total. The van der Waals surface area contributed by atoms with Crippen molar-refractivity contribution < 1.29 is 4.74 Å². The molecule has 0 bridgehead atoms. The fraction of sp³-hybridized carbons (Fsp3) is 0.478. The molecule has 6 nitrogen and oxygen atoms in total. The number of methoxy groups -OCH3 is 1. The Morgan fingerprint density at radius 1 is 1.29 bits per heavy atom. The molecule has 2 heterocycles. The molecule has 1 aliphatic rings. The van der Waals surface area contributed by atoms with E-state index in [-0.39, 0.29) is 30.1 Å². The summed E-state index contributed by atoms with van der Waals surface area (Å²) in [4.78, 5) is 11.7. The highest BCUT2D eigenvalue weighted by Crippen LogP contribution is 2.21. The Labute approximate surface area is 207 Å². The van der Waals surface area contributed by atoms with Crippen LogP contribution in [0.1, 0.15) is 37.0 Å². The van der Waals surface area contributed by atoms with Crippen molar-refractivity contribution in [2.75, 3.05) is 38.2 Å². The van der Waals surface area contributed by atoms with Crippen LogP contribution in [0.4, 0.5) is 5.82 Å². The number of guanidine groups is 1. The van der Waals surface area contributed by atoms with Gasteiger partial charge in [-0.05, 0) is 56.0 Å². The number of hydrogen-bond acceptors (Lipinski definition) is 4. The quantitative estimate of drug-likeness (QED) is 0.297. The van der Waals surface area contributed by atoms with E-state index < -0.39 is 0 Å². The number of aromatic nitrogens is 1. The van der Waals surface area contributed by atoms with Gasteiger partial charge in [0.15, 0.2) is 5.96 Å². The Hall–Kier alpha value is -1.58. The van der Waals surface area contributed by atoms with Gasteiger partial charge in [0.05, 0.1) is 6.54 Å². The summed E-state index contributed by atoms with van der Waals surface area (Å²) in [5.41, 5.74) is 2.22. The Morgan fingerprint density at radius 2 is 2.06 bits per heavy atom. The van der Waals surface area contributed by atoms with Crippen LogP contribution in [0.3, 0.4) is 0 Å². The first kappa shape index (κ1) is 25.7. The predicted octanol–water partition coefficient (Wildman–Crippen LogP) is 4.57. The second kappa shape index (κ2) is 13.1. The molecule has 3 rings (SSSR count). The summed E-state index contributed by atoms with van der Waals surface area (Å²) in [5, 5.41) is 7.65. The first-order valence-electron chi connectivity index (χ1n) is 10.6. The fourth-order valence-electron chi connectivity index (χ4n) is 3.61. The summed E-state index contributed by atoms with van der Waals surface area (Å²) in [6.07, 6.45) is 3.89. The molecule has 0 saturated carbocycles. The SMILES string of the molecule is CCNC(=NCC(OC)c1cccc(Cl)c1)NC1CCN(c2ccc(C)cn2)CC1.I. The molecule has 1 saturated heterocycles. The molecule has 8 heteroatoms. The maximum absolute atomic E-state index is 6.13. The van der Waals surface area contributed by atoms with Gasteiger partial charge in [-0.25, -0.2) is 4.98 Å². The number of halogens is 2. The third-order valence-electron chi connectivity index (χ3n) is 5.32. The van der Waals surface area contributed by atoms with Gasteiger partial charge < -0.3 is 20.3 Å². The van der Waals surface area contributed by atoms with Crippen LogP contribution in [-0.2, 0) is 4.74 Å². The monoisotopic (exact) mass is 557 g/mol. The van der Waals surface area contributed by atoms with E-state index in [2.05, 4.69) is 46.5 Å². The van der Waals surface area contributed by atoms with Gasteiger partial charge in [0.2, 0.25) is 0 Å². The molecule has 170 valence electrons. The Kier molecular flexibility index (Phi) is 10.8. The molecular weight excluding hydrogens is 525 g/mol. The van der Waals surface area contributed by atoms with Gasteiger partial charge in [0.1, 0.15) is 11.9 Å². The molecule has 31 heavy (non-hydrogen) atoms. The van der Waals surface area contributed by atoms with Crippen LogP contribution in [0.15, 0.2) is 47.6 Å². The zero-order chi connectivity index (χ0) is 21.3. The summed E-state index contributed by atoms with van der Waals surface area (Å²) in [5.74, 6) is 1.89. The van der Waals surface area contributed by atoms with E-state index in [1.54, 1.807) is 7.11 Å². The maximum atomic E-state index is 6.13. The summed E-state index contributed by atoms with van der Waals surface area (Å²) >= 11 is 6.13. The van der Waals surface area contributed by atoms with E-state index in [0.717, 1.165) is 49.8 Å². The molecule has 0 amide bonds. The minimum Gasteiger partial charge on any atom is -0.375 e. The maximum Gasteiger partial charge on any atom is 0.191 e. The number of benzene rings is 1. The van der Waals surface area contributed by atoms with Crippen molar-refractivity contribution in [3.05, 3.63) is 58.7 Å².